The van der Waals surface area contributed by atoms with Gasteiger partial charge in [-0.3, -0.25) is 10.1 Å². The van der Waals surface area contributed by atoms with E-state index in [-0.39, 0.29) is 16.7 Å². The molecule has 1 saturated heterocycles. The molecular formula is C15H24ClN4O4S2+. The molecule has 0 unspecified atom stereocenters. The van der Waals surface area contributed by atoms with Gasteiger partial charge in [-0.2, -0.15) is 4.31 Å². The Kier molecular flexibility index (Phi) is 7.42. The van der Waals surface area contributed by atoms with Crippen LogP contribution in [0.25, 0.3) is 0 Å². The Morgan fingerprint density at radius 2 is 1.96 bits per heavy atom. The molecule has 2 heterocycles. The molecule has 2 rings (SSSR count). The summed E-state index contributed by atoms with van der Waals surface area (Å²) in [6.45, 7) is 6.19. The number of carbonyl (C=O) groups excluding carboxylic acids is 2. The maximum absolute atomic E-state index is 12.5. The average Bonchev–Trinajstić information content (AvgIpc) is 3.00. The lowest BCUT2D eigenvalue weighted by Gasteiger charge is -2.30. The van der Waals surface area contributed by atoms with Gasteiger partial charge in [0.15, 0.2) is 6.54 Å². The maximum Gasteiger partial charge on any atom is 0.321 e. The highest BCUT2D eigenvalue weighted by Crippen LogP contribution is 2.27. The maximum atomic E-state index is 12.5. The van der Waals surface area contributed by atoms with Crippen molar-refractivity contribution in [3.8, 4) is 0 Å². The van der Waals surface area contributed by atoms with Crippen LogP contribution in [0.5, 0.6) is 0 Å². The Bertz CT molecular complexity index is 743. The van der Waals surface area contributed by atoms with Crippen LogP contribution in [0.1, 0.15) is 13.8 Å². The van der Waals surface area contributed by atoms with Gasteiger partial charge in [0, 0.05) is 6.54 Å². The smallest absolute Gasteiger partial charge is 0.321 e. The summed E-state index contributed by atoms with van der Waals surface area (Å²) in [6.07, 6.45) is 0. The summed E-state index contributed by atoms with van der Waals surface area (Å²) < 4.78 is 27.1. The first kappa shape index (κ1) is 21.1. The van der Waals surface area contributed by atoms with E-state index in [0.717, 1.165) is 16.2 Å². The van der Waals surface area contributed by atoms with Gasteiger partial charge in [-0.1, -0.05) is 25.4 Å². The van der Waals surface area contributed by atoms with Crippen LogP contribution in [0.15, 0.2) is 16.3 Å². The second-order valence-corrected chi connectivity index (χ2v) is 10.4. The number of sulfonamides is 1. The molecule has 1 fully saturated rings. The highest BCUT2D eigenvalue weighted by Gasteiger charge is 2.32. The van der Waals surface area contributed by atoms with Gasteiger partial charge in [0.2, 0.25) is 0 Å². The van der Waals surface area contributed by atoms with Gasteiger partial charge >= 0.3 is 6.03 Å². The number of hydrogen-bond acceptors (Lipinski definition) is 5. The summed E-state index contributed by atoms with van der Waals surface area (Å²) in [5, 5.41) is 4.92. The summed E-state index contributed by atoms with van der Waals surface area (Å²) in [7, 11) is -3.54. The van der Waals surface area contributed by atoms with Crippen molar-refractivity contribution < 1.29 is 22.9 Å². The lowest BCUT2D eigenvalue weighted by atomic mass is 10.2. The van der Waals surface area contributed by atoms with Gasteiger partial charge in [0.1, 0.15) is 4.21 Å². The molecule has 11 heteroatoms. The minimum Gasteiger partial charge on any atom is -0.338 e. The van der Waals surface area contributed by atoms with Gasteiger partial charge in [-0.25, -0.2) is 13.2 Å². The molecule has 1 aliphatic rings. The van der Waals surface area contributed by atoms with Crippen LogP contribution in [-0.2, 0) is 14.8 Å². The number of halogens is 1. The molecule has 1 aliphatic heterocycles. The van der Waals surface area contributed by atoms with E-state index in [0.29, 0.717) is 43.0 Å². The fourth-order valence-corrected chi connectivity index (χ4v) is 5.60. The first-order chi connectivity index (χ1) is 12.2. The quantitative estimate of drug-likeness (QED) is 0.588. The van der Waals surface area contributed by atoms with Crippen LogP contribution >= 0.6 is 22.9 Å². The normalized spacial score (nSPS) is 16.6. The van der Waals surface area contributed by atoms with Crippen LogP contribution in [0.4, 0.5) is 4.79 Å². The van der Waals surface area contributed by atoms with Crippen molar-refractivity contribution in [1.29, 1.82) is 0 Å². The molecule has 3 amide bonds. The summed E-state index contributed by atoms with van der Waals surface area (Å²) in [5.74, 6) is -0.0719. The molecule has 0 saturated carbocycles. The number of imide groups is 1. The number of thiophene rings is 1. The number of carbonyl (C=O) groups is 2. The number of rotatable bonds is 6. The van der Waals surface area contributed by atoms with E-state index in [1.165, 1.54) is 10.4 Å². The minimum atomic E-state index is -3.54. The second-order valence-electron chi connectivity index (χ2n) is 6.54. The fraction of sp³-hybridized carbons (Fsp3) is 0.600. The van der Waals surface area contributed by atoms with Crippen molar-refractivity contribution in [2.75, 3.05) is 39.3 Å². The van der Waals surface area contributed by atoms with Crippen molar-refractivity contribution in [3.63, 3.8) is 0 Å². The van der Waals surface area contributed by atoms with E-state index in [4.69, 9.17) is 11.6 Å². The van der Waals surface area contributed by atoms with Crippen LogP contribution in [0.2, 0.25) is 4.34 Å². The molecule has 1 aromatic rings. The molecule has 0 atom stereocenters. The molecule has 1 aromatic heterocycles. The van der Waals surface area contributed by atoms with E-state index in [9.17, 15) is 18.0 Å². The van der Waals surface area contributed by atoms with Gasteiger partial charge in [-0.15, -0.1) is 11.3 Å². The number of nitrogens with one attached hydrogen (secondary N) is 3. The fourth-order valence-electron chi connectivity index (χ4n) is 2.52. The third-order valence-electron chi connectivity index (χ3n) is 3.91. The molecule has 3 N–H and O–H groups in total. The average molecular weight is 424 g/mol. The Morgan fingerprint density at radius 1 is 1.31 bits per heavy atom. The molecule has 26 heavy (non-hydrogen) atoms. The number of nitrogens with zero attached hydrogens (tertiary/aromatic N) is 1. The summed E-state index contributed by atoms with van der Waals surface area (Å²) in [5.41, 5.74) is 0. The molecule has 146 valence electrons. The third kappa shape index (κ3) is 5.92. The molecule has 8 nitrogen and oxygen atoms in total. The number of piperazine rings is 1. The van der Waals surface area contributed by atoms with Crippen molar-refractivity contribution >= 4 is 44.9 Å². The number of quaternary nitrogens is 1. The van der Waals surface area contributed by atoms with Crippen LogP contribution in [-0.4, -0.2) is 63.9 Å². The minimum absolute atomic E-state index is 0.133. The zero-order valence-electron chi connectivity index (χ0n) is 14.7. The number of urea groups is 1. The van der Waals surface area contributed by atoms with Gasteiger partial charge in [0.05, 0.1) is 30.5 Å². The van der Waals surface area contributed by atoms with Crippen LogP contribution in [0, 0.1) is 5.92 Å². The van der Waals surface area contributed by atoms with E-state index in [1.54, 1.807) is 6.07 Å². The summed E-state index contributed by atoms with van der Waals surface area (Å²) in [4.78, 5) is 24.5. The van der Waals surface area contributed by atoms with Gasteiger partial charge in [0.25, 0.3) is 15.9 Å². The molecule has 0 bridgehead atoms. The predicted molar refractivity (Wildman–Crippen MR) is 100 cm³/mol. The molecule has 0 radical (unpaired) electrons. The van der Waals surface area contributed by atoms with Crippen LogP contribution in [0.3, 0.4) is 0 Å². The van der Waals surface area contributed by atoms with Crippen molar-refractivity contribution in [2.24, 2.45) is 5.92 Å². The van der Waals surface area contributed by atoms with E-state index in [2.05, 4.69) is 10.6 Å². The molecular weight excluding hydrogens is 400 g/mol. The number of hydrogen-bond donors (Lipinski definition) is 3. The zero-order valence-corrected chi connectivity index (χ0v) is 17.1. The van der Waals surface area contributed by atoms with Gasteiger partial charge in [-0.05, 0) is 18.1 Å². The van der Waals surface area contributed by atoms with Crippen molar-refractivity contribution in [1.82, 2.24) is 14.9 Å². The van der Waals surface area contributed by atoms with Crippen molar-refractivity contribution in [2.45, 2.75) is 18.1 Å². The second kappa shape index (κ2) is 9.14. The Balaban J connectivity index is 1.79. The highest BCUT2D eigenvalue weighted by atomic mass is 35.5. The standard InChI is InChI=1S/C15H23ClN4O4S2/c1-11(2)9-17-15(22)18-13(21)10-19-5-7-20(8-6-19)26(23,24)14-4-3-12(16)25-14/h3-4,11H,5-10H2,1-2H3,(H2,17,18,21,22)/p+1. The first-order valence-corrected chi connectivity index (χ1v) is 11.0. The van der Waals surface area contributed by atoms with Gasteiger partial charge < -0.3 is 10.2 Å². The van der Waals surface area contributed by atoms with E-state index < -0.39 is 16.1 Å². The monoisotopic (exact) mass is 423 g/mol. The first-order valence-electron chi connectivity index (χ1n) is 8.35. The lowest BCUT2D eigenvalue weighted by molar-refractivity contribution is -0.895. The molecule has 0 aliphatic carbocycles. The Hall–Kier alpha value is -1.20. The number of amides is 3. The third-order valence-corrected chi connectivity index (χ3v) is 7.50. The highest BCUT2D eigenvalue weighted by molar-refractivity contribution is 7.91. The molecule has 0 aromatic carbocycles. The summed E-state index contributed by atoms with van der Waals surface area (Å²) in [6, 6.07) is 2.57. The largest absolute Gasteiger partial charge is 0.338 e. The van der Waals surface area contributed by atoms with E-state index in [1.807, 2.05) is 13.8 Å². The van der Waals surface area contributed by atoms with Crippen LogP contribution < -0.4 is 15.5 Å². The topological polar surface area (TPSA) is 100 Å². The van der Waals surface area contributed by atoms with E-state index >= 15 is 0 Å². The molecule has 0 spiro atoms. The zero-order chi connectivity index (χ0) is 19.3. The summed E-state index contributed by atoms with van der Waals surface area (Å²) >= 11 is 6.85. The predicted octanol–water partition coefficient (Wildman–Crippen LogP) is -0.227. The van der Waals surface area contributed by atoms with Crippen molar-refractivity contribution in [3.05, 3.63) is 16.5 Å². The Morgan fingerprint density at radius 3 is 2.50 bits per heavy atom. The SMILES string of the molecule is CC(C)CNC(=O)NC(=O)C[NH+]1CCN(S(=O)(=O)c2ccc(Cl)s2)CC1. The Labute approximate surface area is 162 Å². The lowest BCUT2D eigenvalue weighted by Crippen LogP contribution is -3.15.